The summed E-state index contributed by atoms with van der Waals surface area (Å²) < 4.78 is 0. The first kappa shape index (κ1) is 9.00. The third kappa shape index (κ3) is 1.23. The number of hydrogen-bond acceptors (Lipinski definition) is 1. The van der Waals surface area contributed by atoms with Crippen LogP contribution in [0.2, 0.25) is 0 Å². The van der Waals surface area contributed by atoms with Gasteiger partial charge in [-0.3, -0.25) is 4.79 Å². The normalized spacial score (nSPS) is 17.3. The van der Waals surface area contributed by atoms with Gasteiger partial charge in [0.05, 0.1) is 12.2 Å². The van der Waals surface area contributed by atoms with Gasteiger partial charge >= 0.3 is 0 Å². The summed E-state index contributed by atoms with van der Waals surface area (Å²) in [6.45, 7) is 4.33. The molecule has 0 atom stereocenters. The van der Waals surface area contributed by atoms with Crippen LogP contribution in [0.1, 0.15) is 19.4 Å². The van der Waals surface area contributed by atoms with Crippen molar-refractivity contribution in [2.24, 2.45) is 0 Å². The average molecular weight is 187 g/mol. The van der Waals surface area contributed by atoms with E-state index in [9.17, 15) is 4.79 Å². The van der Waals surface area contributed by atoms with Crippen LogP contribution in [0.3, 0.4) is 0 Å². The molecule has 1 aromatic carbocycles. The molecule has 0 spiro atoms. The molecule has 1 aliphatic rings. The number of nitrogens with zero attached hydrogens (tertiary/aromatic N) is 1. The Morgan fingerprint density at radius 3 is 2.79 bits per heavy atom. The fourth-order valence-corrected chi connectivity index (χ4v) is 1.85. The van der Waals surface area contributed by atoms with Gasteiger partial charge in [0.15, 0.2) is 0 Å². The second kappa shape index (κ2) is 3.29. The van der Waals surface area contributed by atoms with Crippen LogP contribution in [0.15, 0.2) is 30.3 Å². The molecule has 0 radical (unpaired) electrons. The molecule has 0 saturated heterocycles. The lowest BCUT2D eigenvalue weighted by atomic mass is 10.1. The maximum absolute atomic E-state index is 11.4. The molecule has 0 unspecified atom stereocenters. The van der Waals surface area contributed by atoms with Gasteiger partial charge in [-0.15, -0.1) is 0 Å². The summed E-state index contributed by atoms with van der Waals surface area (Å²) in [5.74, 6) is 0.106. The number of carbonyl (C=O) groups excluding carboxylic acids is 1. The Hall–Kier alpha value is -1.57. The van der Waals surface area contributed by atoms with Crippen molar-refractivity contribution >= 4 is 17.2 Å². The monoisotopic (exact) mass is 187 g/mol. The largest absolute Gasteiger partial charge is 0.308 e. The quantitative estimate of drug-likeness (QED) is 0.611. The zero-order chi connectivity index (χ0) is 10.1. The summed E-state index contributed by atoms with van der Waals surface area (Å²) in [4.78, 5) is 13.2. The fourth-order valence-electron chi connectivity index (χ4n) is 1.85. The summed E-state index contributed by atoms with van der Waals surface area (Å²) in [6.07, 6.45) is 2.07. The number of amides is 1. The zero-order valence-corrected chi connectivity index (χ0v) is 8.45. The molecule has 2 nitrogen and oxygen atoms in total. The minimum absolute atomic E-state index is 0.106. The van der Waals surface area contributed by atoms with Gasteiger partial charge in [-0.25, -0.2) is 0 Å². The van der Waals surface area contributed by atoms with E-state index in [-0.39, 0.29) is 5.91 Å². The van der Waals surface area contributed by atoms with Crippen LogP contribution in [-0.4, -0.2) is 12.5 Å². The minimum Gasteiger partial charge on any atom is -0.308 e. The lowest BCUT2D eigenvalue weighted by molar-refractivity contribution is -0.116. The van der Waals surface area contributed by atoms with Gasteiger partial charge < -0.3 is 4.90 Å². The molecule has 1 aliphatic heterocycles. The van der Waals surface area contributed by atoms with E-state index in [1.807, 2.05) is 30.0 Å². The molecule has 14 heavy (non-hydrogen) atoms. The van der Waals surface area contributed by atoms with E-state index in [2.05, 4.69) is 12.1 Å². The van der Waals surface area contributed by atoms with Crippen molar-refractivity contribution in [1.29, 1.82) is 0 Å². The number of benzene rings is 1. The molecule has 0 aliphatic carbocycles. The molecule has 2 heteroatoms. The van der Waals surface area contributed by atoms with Crippen LogP contribution in [0, 0.1) is 0 Å². The smallest absolute Gasteiger partial charge is 0.224 e. The Bertz CT molecular complexity index is 407. The van der Waals surface area contributed by atoms with E-state index in [0.29, 0.717) is 6.54 Å². The minimum atomic E-state index is 0.106. The molecular formula is C12H13NO. The van der Waals surface area contributed by atoms with Gasteiger partial charge in [-0.2, -0.15) is 0 Å². The van der Waals surface area contributed by atoms with E-state index in [0.717, 1.165) is 5.69 Å². The van der Waals surface area contributed by atoms with E-state index >= 15 is 0 Å². The highest BCUT2D eigenvalue weighted by Crippen LogP contribution is 2.34. The first-order chi connectivity index (χ1) is 6.74. The zero-order valence-electron chi connectivity index (χ0n) is 8.45. The molecule has 1 heterocycles. The third-order valence-electron chi connectivity index (χ3n) is 2.60. The van der Waals surface area contributed by atoms with Gasteiger partial charge in [0.25, 0.3) is 0 Å². The topological polar surface area (TPSA) is 20.3 Å². The average Bonchev–Trinajstić information content (AvgIpc) is 2.56. The number of carbonyl (C=O) groups is 1. The van der Waals surface area contributed by atoms with E-state index in [4.69, 9.17) is 0 Å². The predicted molar refractivity (Wildman–Crippen MR) is 58.1 cm³/mol. The molecule has 0 bridgehead atoms. The van der Waals surface area contributed by atoms with Crippen LogP contribution in [-0.2, 0) is 4.79 Å². The summed E-state index contributed by atoms with van der Waals surface area (Å²) in [6, 6.07) is 8.03. The van der Waals surface area contributed by atoms with Gasteiger partial charge in [0, 0.05) is 12.5 Å². The summed E-state index contributed by atoms with van der Waals surface area (Å²) in [5, 5.41) is 0. The highest BCUT2D eigenvalue weighted by molar-refractivity contribution is 6.01. The van der Waals surface area contributed by atoms with Crippen LogP contribution < -0.4 is 4.90 Å². The fraction of sp³-hybridized carbons (Fsp3) is 0.250. The van der Waals surface area contributed by atoms with Gasteiger partial charge in [-0.05, 0) is 18.6 Å². The van der Waals surface area contributed by atoms with E-state index in [1.165, 1.54) is 11.1 Å². The Kier molecular flexibility index (Phi) is 2.12. The van der Waals surface area contributed by atoms with Gasteiger partial charge in [0.1, 0.15) is 0 Å². The van der Waals surface area contributed by atoms with E-state index in [1.54, 1.807) is 6.92 Å². The van der Waals surface area contributed by atoms with Crippen molar-refractivity contribution in [3.8, 4) is 0 Å². The lowest BCUT2D eigenvalue weighted by Crippen LogP contribution is -2.25. The number of hydrogen-bond donors (Lipinski definition) is 0. The van der Waals surface area contributed by atoms with Crippen LogP contribution >= 0.6 is 0 Å². The van der Waals surface area contributed by atoms with Crippen molar-refractivity contribution in [2.45, 2.75) is 13.8 Å². The maximum atomic E-state index is 11.4. The van der Waals surface area contributed by atoms with Crippen molar-refractivity contribution in [3.63, 3.8) is 0 Å². The van der Waals surface area contributed by atoms with Crippen molar-refractivity contribution in [3.05, 3.63) is 35.9 Å². The Labute approximate surface area is 83.8 Å². The van der Waals surface area contributed by atoms with Crippen molar-refractivity contribution in [2.75, 3.05) is 11.4 Å². The molecular weight excluding hydrogens is 174 g/mol. The number of anilines is 1. The van der Waals surface area contributed by atoms with Crippen molar-refractivity contribution in [1.82, 2.24) is 0 Å². The van der Waals surface area contributed by atoms with Crippen LogP contribution in [0.25, 0.3) is 5.57 Å². The number of allylic oxidation sites excluding steroid dienone is 1. The summed E-state index contributed by atoms with van der Waals surface area (Å²) in [7, 11) is 0. The SMILES string of the molecule is C/C=C1\CN(C(C)=O)c2ccccc21. The van der Waals surface area contributed by atoms with Crippen LogP contribution in [0.5, 0.6) is 0 Å². The first-order valence-electron chi connectivity index (χ1n) is 4.76. The van der Waals surface area contributed by atoms with Gasteiger partial charge in [-0.1, -0.05) is 24.3 Å². The lowest BCUT2D eigenvalue weighted by Gasteiger charge is -2.13. The number of fused-ring (bicyclic) bond motifs is 1. The summed E-state index contributed by atoms with van der Waals surface area (Å²) >= 11 is 0. The van der Waals surface area contributed by atoms with E-state index < -0.39 is 0 Å². The highest BCUT2D eigenvalue weighted by atomic mass is 16.2. The maximum Gasteiger partial charge on any atom is 0.224 e. The molecule has 1 aromatic rings. The molecule has 0 aromatic heterocycles. The highest BCUT2D eigenvalue weighted by Gasteiger charge is 2.24. The Morgan fingerprint density at radius 2 is 2.14 bits per heavy atom. The van der Waals surface area contributed by atoms with Gasteiger partial charge in [0.2, 0.25) is 5.91 Å². The third-order valence-corrected chi connectivity index (χ3v) is 2.60. The predicted octanol–water partition coefficient (Wildman–Crippen LogP) is 2.46. The standard InChI is InChI=1S/C12H13NO/c1-3-10-8-13(9(2)14)12-7-5-4-6-11(10)12/h3-7H,8H2,1-2H3/b10-3+. The first-order valence-corrected chi connectivity index (χ1v) is 4.76. The Morgan fingerprint density at radius 1 is 1.43 bits per heavy atom. The molecule has 1 amide bonds. The number of rotatable bonds is 0. The second-order valence-corrected chi connectivity index (χ2v) is 3.44. The second-order valence-electron chi connectivity index (χ2n) is 3.44. The molecule has 0 fully saturated rings. The summed E-state index contributed by atoms with van der Waals surface area (Å²) in [5.41, 5.74) is 3.45. The van der Waals surface area contributed by atoms with Crippen molar-refractivity contribution < 1.29 is 4.79 Å². The number of para-hydroxylation sites is 1. The molecule has 2 rings (SSSR count). The molecule has 0 saturated carbocycles. The molecule has 0 N–H and O–H groups in total. The Balaban J connectivity index is 2.54. The molecule has 72 valence electrons. The van der Waals surface area contributed by atoms with Crippen LogP contribution in [0.4, 0.5) is 5.69 Å².